The molecule has 0 aromatic heterocycles. The minimum Gasteiger partial charge on any atom is -0.327 e. The Morgan fingerprint density at radius 3 is 2.21 bits per heavy atom. The molecule has 1 rings (SSSR count). The molecule has 0 amide bonds. The topological polar surface area (TPSA) is 26.0 Å². The number of hydrogen-bond donors (Lipinski definition) is 1. The van der Waals surface area contributed by atoms with E-state index in [0.29, 0.717) is 6.42 Å². The highest BCUT2D eigenvalue weighted by Crippen LogP contribution is 2.25. The second-order valence-corrected chi connectivity index (χ2v) is 3.50. The second kappa shape index (κ2) is 4.51. The van der Waals surface area contributed by atoms with Crippen LogP contribution in [0.3, 0.4) is 0 Å². The van der Waals surface area contributed by atoms with Gasteiger partial charge in [0.25, 0.3) is 0 Å². The molecule has 1 nitrogen and oxygen atoms in total. The zero-order chi connectivity index (χ0) is 10.7. The SMILES string of the molecule is CCC(N)C(C)c1c(F)cccc1F. The molecule has 0 aliphatic heterocycles. The highest BCUT2D eigenvalue weighted by Gasteiger charge is 2.20. The average Bonchev–Trinajstić information content (AvgIpc) is 2.16. The van der Waals surface area contributed by atoms with Crippen molar-refractivity contribution in [3.8, 4) is 0 Å². The summed E-state index contributed by atoms with van der Waals surface area (Å²) in [7, 11) is 0. The molecule has 0 aliphatic rings. The van der Waals surface area contributed by atoms with Gasteiger partial charge in [-0.25, -0.2) is 8.78 Å². The Labute approximate surface area is 82.9 Å². The molecule has 0 spiro atoms. The van der Waals surface area contributed by atoms with Crippen molar-refractivity contribution >= 4 is 0 Å². The van der Waals surface area contributed by atoms with Crippen molar-refractivity contribution in [1.29, 1.82) is 0 Å². The van der Waals surface area contributed by atoms with E-state index in [1.54, 1.807) is 6.92 Å². The zero-order valence-electron chi connectivity index (χ0n) is 8.43. The molecule has 0 fully saturated rings. The molecule has 0 saturated carbocycles. The summed E-state index contributed by atoms with van der Waals surface area (Å²) < 4.78 is 26.6. The van der Waals surface area contributed by atoms with Gasteiger partial charge in [-0.1, -0.05) is 19.9 Å². The fraction of sp³-hybridized carbons (Fsp3) is 0.455. The van der Waals surface area contributed by atoms with Gasteiger partial charge in [-0.2, -0.15) is 0 Å². The standard InChI is InChI=1S/C11H15F2N/c1-3-10(14)7(2)11-8(12)5-4-6-9(11)13/h4-7,10H,3,14H2,1-2H3. The smallest absolute Gasteiger partial charge is 0.129 e. The first-order valence-electron chi connectivity index (χ1n) is 4.77. The third kappa shape index (κ3) is 2.10. The zero-order valence-corrected chi connectivity index (χ0v) is 8.43. The summed E-state index contributed by atoms with van der Waals surface area (Å²) in [5.41, 5.74) is 5.85. The number of hydrogen-bond acceptors (Lipinski definition) is 1. The Bertz CT molecular complexity index is 292. The molecule has 0 saturated heterocycles. The first kappa shape index (κ1) is 11.1. The van der Waals surface area contributed by atoms with Crippen LogP contribution in [-0.4, -0.2) is 6.04 Å². The summed E-state index contributed by atoms with van der Waals surface area (Å²) in [6.07, 6.45) is 0.703. The first-order valence-corrected chi connectivity index (χ1v) is 4.77. The van der Waals surface area contributed by atoms with Crippen LogP contribution in [0.25, 0.3) is 0 Å². The van der Waals surface area contributed by atoms with Crippen molar-refractivity contribution in [3.63, 3.8) is 0 Å². The fourth-order valence-corrected chi connectivity index (χ4v) is 1.51. The molecule has 0 heterocycles. The third-order valence-electron chi connectivity index (χ3n) is 2.57. The van der Waals surface area contributed by atoms with E-state index in [0.717, 1.165) is 0 Å². The van der Waals surface area contributed by atoms with Gasteiger partial charge >= 0.3 is 0 Å². The van der Waals surface area contributed by atoms with E-state index < -0.39 is 11.6 Å². The molecule has 14 heavy (non-hydrogen) atoms. The van der Waals surface area contributed by atoms with E-state index >= 15 is 0 Å². The highest BCUT2D eigenvalue weighted by atomic mass is 19.1. The van der Waals surface area contributed by atoms with Crippen LogP contribution in [0.2, 0.25) is 0 Å². The van der Waals surface area contributed by atoms with Gasteiger partial charge in [0.05, 0.1) is 0 Å². The van der Waals surface area contributed by atoms with Crippen LogP contribution >= 0.6 is 0 Å². The Kier molecular flexibility index (Phi) is 3.58. The maximum Gasteiger partial charge on any atom is 0.129 e. The van der Waals surface area contributed by atoms with Gasteiger partial charge in [0.15, 0.2) is 0 Å². The Hall–Kier alpha value is -0.960. The summed E-state index contributed by atoms with van der Waals surface area (Å²) in [4.78, 5) is 0. The lowest BCUT2D eigenvalue weighted by molar-refractivity contribution is 0.481. The summed E-state index contributed by atoms with van der Waals surface area (Å²) in [6, 6.07) is 3.67. The number of benzene rings is 1. The van der Waals surface area contributed by atoms with Gasteiger partial charge in [0, 0.05) is 17.5 Å². The normalized spacial score (nSPS) is 15.2. The summed E-state index contributed by atoms with van der Waals surface area (Å²) >= 11 is 0. The first-order chi connectivity index (χ1) is 6.57. The fourth-order valence-electron chi connectivity index (χ4n) is 1.51. The van der Waals surface area contributed by atoms with Crippen LogP contribution in [0.5, 0.6) is 0 Å². The van der Waals surface area contributed by atoms with Crippen LogP contribution in [0.15, 0.2) is 18.2 Å². The van der Waals surface area contributed by atoms with Crippen molar-refractivity contribution in [2.45, 2.75) is 32.2 Å². The van der Waals surface area contributed by atoms with Crippen LogP contribution < -0.4 is 5.73 Å². The molecule has 0 aliphatic carbocycles. The third-order valence-corrected chi connectivity index (χ3v) is 2.57. The Morgan fingerprint density at radius 2 is 1.79 bits per heavy atom. The maximum absolute atomic E-state index is 13.3. The lowest BCUT2D eigenvalue weighted by Crippen LogP contribution is -2.27. The molecule has 2 unspecified atom stereocenters. The molecule has 2 N–H and O–H groups in total. The van der Waals surface area contributed by atoms with E-state index in [9.17, 15) is 8.78 Å². The van der Waals surface area contributed by atoms with E-state index in [2.05, 4.69) is 0 Å². The molecule has 1 aromatic rings. The highest BCUT2D eigenvalue weighted by molar-refractivity contribution is 5.24. The number of nitrogens with two attached hydrogens (primary N) is 1. The molecule has 0 bridgehead atoms. The predicted molar refractivity (Wildman–Crippen MR) is 53.0 cm³/mol. The van der Waals surface area contributed by atoms with E-state index in [1.807, 2.05) is 6.92 Å². The van der Waals surface area contributed by atoms with E-state index in [4.69, 9.17) is 5.73 Å². The van der Waals surface area contributed by atoms with Crippen LogP contribution in [0.1, 0.15) is 31.7 Å². The predicted octanol–water partition coefficient (Wildman–Crippen LogP) is 2.81. The van der Waals surface area contributed by atoms with E-state index in [1.165, 1.54) is 18.2 Å². The second-order valence-electron chi connectivity index (χ2n) is 3.50. The van der Waals surface area contributed by atoms with E-state index in [-0.39, 0.29) is 17.5 Å². The minimum atomic E-state index is -0.513. The number of halogens is 2. The molecular weight excluding hydrogens is 184 g/mol. The van der Waals surface area contributed by atoms with Gasteiger partial charge in [0.1, 0.15) is 11.6 Å². The van der Waals surface area contributed by atoms with Gasteiger partial charge in [-0.15, -0.1) is 0 Å². The minimum absolute atomic E-state index is 0.0989. The summed E-state index contributed by atoms with van der Waals surface area (Å²) in [6.45, 7) is 3.65. The molecule has 2 atom stereocenters. The maximum atomic E-state index is 13.3. The number of rotatable bonds is 3. The Morgan fingerprint density at radius 1 is 1.29 bits per heavy atom. The Balaban J connectivity index is 3.05. The molecular formula is C11H15F2N. The molecule has 78 valence electrons. The van der Waals surface area contributed by atoms with Crippen LogP contribution in [-0.2, 0) is 0 Å². The van der Waals surface area contributed by atoms with Crippen molar-refractivity contribution in [1.82, 2.24) is 0 Å². The van der Waals surface area contributed by atoms with Crippen LogP contribution in [0.4, 0.5) is 8.78 Å². The van der Waals surface area contributed by atoms with Crippen molar-refractivity contribution in [2.75, 3.05) is 0 Å². The van der Waals surface area contributed by atoms with Crippen LogP contribution in [0, 0.1) is 11.6 Å². The quantitative estimate of drug-likeness (QED) is 0.795. The van der Waals surface area contributed by atoms with Gasteiger partial charge in [-0.3, -0.25) is 0 Å². The molecule has 1 aromatic carbocycles. The largest absolute Gasteiger partial charge is 0.327 e. The van der Waals surface area contributed by atoms with Gasteiger partial charge in [0.2, 0.25) is 0 Å². The summed E-state index contributed by atoms with van der Waals surface area (Å²) in [5.74, 6) is -1.32. The lowest BCUT2D eigenvalue weighted by atomic mass is 9.91. The van der Waals surface area contributed by atoms with Gasteiger partial charge < -0.3 is 5.73 Å². The monoisotopic (exact) mass is 199 g/mol. The van der Waals surface area contributed by atoms with Crippen molar-refractivity contribution in [2.24, 2.45) is 5.73 Å². The molecule has 3 heteroatoms. The average molecular weight is 199 g/mol. The molecule has 0 radical (unpaired) electrons. The van der Waals surface area contributed by atoms with Gasteiger partial charge in [-0.05, 0) is 18.6 Å². The lowest BCUT2D eigenvalue weighted by Gasteiger charge is -2.19. The summed E-state index contributed by atoms with van der Waals surface area (Å²) in [5, 5.41) is 0. The van der Waals surface area contributed by atoms with Crippen molar-refractivity contribution < 1.29 is 8.78 Å². The van der Waals surface area contributed by atoms with Crippen molar-refractivity contribution in [3.05, 3.63) is 35.4 Å².